The Morgan fingerprint density at radius 2 is 2.12 bits per heavy atom. The third-order valence-corrected chi connectivity index (χ3v) is 5.26. The Morgan fingerprint density at radius 3 is 2.96 bits per heavy atom. The normalized spacial score (nSPS) is 18.8. The zero-order valence-corrected chi connectivity index (χ0v) is 15.4. The lowest BCUT2D eigenvalue weighted by Gasteiger charge is -2.33. The van der Waals surface area contributed by atoms with Crippen molar-refractivity contribution >= 4 is 17.4 Å². The maximum atomic E-state index is 6.09. The molecule has 0 amide bonds. The van der Waals surface area contributed by atoms with Crippen LogP contribution in [0.4, 0.5) is 0 Å². The molecule has 0 aliphatic carbocycles. The van der Waals surface area contributed by atoms with E-state index in [9.17, 15) is 0 Å². The van der Waals surface area contributed by atoms with Gasteiger partial charge in [0.1, 0.15) is 6.33 Å². The van der Waals surface area contributed by atoms with Crippen molar-refractivity contribution in [1.82, 2.24) is 24.5 Å². The molecular weight excluding hydrogens is 334 g/mol. The number of fused-ring (bicyclic) bond motifs is 1. The first kappa shape index (κ1) is 16.5. The zero-order chi connectivity index (χ0) is 17.4. The summed E-state index contributed by atoms with van der Waals surface area (Å²) in [7, 11) is 0. The third kappa shape index (κ3) is 3.39. The van der Waals surface area contributed by atoms with Crippen molar-refractivity contribution in [3.8, 4) is 0 Å². The number of rotatable bonds is 3. The largest absolute Gasteiger partial charge is 0.298 e. The molecule has 0 bridgehead atoms. The molecule has 3 heterocycles. The summed E-state index contributed by atoms with van der Waals surface area (Å²) in [4.78, 5) is 11.2. The maximum Gasteiger partial charge on any atom is 0.252 e. The summed E-state index contributed by atoms with van der Waals surface area (Å²) < 4.78 is 1.90. The van der Waals surface area contributed by atoms with Crippen molar-refractivity contribution in [1.29, 1.82) is 0 Å². The molecule has 1 aromatic carbocycles. The van der Waals surface area contributed by atoms with Crippen molar-refractivity contribution in [2.45, 2.75) is 39.2 Å². The molecule has 4 rings (SSSR count). The number of halogens is 1. The van der Waals surface area contributed by atoms with E-state index in [2.05, 4.69) is 39.0 Å². The van der Waals surface area contributed by atoms with Gasteiger partial charge in [0.05, 0.1) is 5.69 Å². The van der Waals surface area contributed by atoms with Crippen LogP contribution >= 0.6 is 11.6 Å². The monoisotopic (exact) mass is 355 g/mol. The summed E-state index contributed by atoms with van der Waals surface area (Å²) in [5.41, 5.74) is 4.83. The molecular formula is C19H22ClN5. The van der Waals surface area contributed by atoms with E-state index in [0.717, 1.165) is 30.4 Å². The molecule has 0 saturated carbocycles. The molecule has 25 heavy (non-hydrogen) atoms. The molecule has 6 heteroatoms. The van der Waals surface area contributed by atoms with Gasteiger partial charge in [-0.05, 0) is 62.6 Å². The Balaban J connectivity index is 1.57. The van der Waals surface area contributed by atoms with Gasteiger partial charge in [-0.2, -0.15) is 10.1 Å². The van der Waals surface area contributed by atoms with E-state index < -0.39 is 0 Å². The lowest BCUT2D eigenvalue weighted by Crippen LogP contribution is -2.34. The van der Waals surface area contributed by atoms with Crippen LogP contribution in [0.25, 0.3) is 5.78 Å². The number of piperidine rings is 1. The van der Waals surface area contributed by atoms with E-state index in [1.807, 2.05) is 23.6 Å². The number of hydrogen-bond acceptors (Lipinski definition) is 4. The SMILES string of the molecule is Cc1cc(C2CCCN(Cc3ccc(Cl)cc3C)C2)n2ncnc2n1. The molecule has 130 valence electrons. The highest BCUT2D eigenvalue weighted by atomic mass is 35.5. The highest BCUT2D eigenvalue weighted by molar-refractivity contribution is 6.30. The number of likely N-dealkylation sites (tertiary alicyclic amines) is 1. The predicted molar refractivity (Wildman–Crippen MR) is 99.0 cm³/mol. The minimum absolute atomic E-state index is 0.451. The lowest BCUT2D eigenvalue weighted by atomic mass is 9.93. The van der Waals surface area contributed by atoms with E-state index >= 15 is 0 Å². The highest BCUT2D eigenvalue weighted by Crippen LogP contribution is 2.28. The summed E-state index contributed by atoms with van der Waals surface area (Å²) in [6.07, 6.45) is 3.95. The van der Waals surface area contributed by atoms with E-state index in [-0.39, 0.29) is 0 Å². The fourth-order valence-electron chi connectivity index (χ4n) is 3.77. The first-order chi connectivity index (χ1) is 12.1. The molecule has 5 nitrogen and oxygen atoms in total. The van der Waals surface area contributed by atoms with Gasteiger partial charge in [0, 0.05) is 29.7 Å². The average molecular weight is 356 g/mol. The molecule has 1 saturated heterocycles. The van der Waals surface area contributed by atoms with Crippen LogP contribution in [-0.2, 0) is 6.54 Å². The van der Waals surface area contributed by atoms with Crippen molar-refractivity contribution in [3.05, 3.63) is 58.1 Å². The van der Waals surface area contributed by atoms with Gasteiger partial charge in [-0.15, -0.1) is 0 Å². The molecule has 1 unspecified atom stereocenters. The third-order valence-electron chi connectivity index (χ3n) is 5.03. The molecule has 0 spiro atoms. The minimum Gasteiger partial charge on any atom is -0.298 e. The van der Waals surface area contributed by atoms with Crippen LogP contribution in [-0.4, -0.2) is 37.6 Å². The van der Waals surface area contributed by atoms with Crippen LogP contribution in [0.3, 0.4) is 0 Å². The van der Waals surface area contributed by atoms with Gasteiger partial charge in [0.25, 0.3) is 5.78 Å². The van der Waals surface area contributed by atoms with Crippen LogP contribution in [0.5, 0.6) is 0 Å². The van der Waals surface area contributed by atoms with Gasteiger partial charge in [-0.1, -0.05) is 17.7 Å². The Hall–Kier alpha value is -1.98. The quantitative estimate of drug-likeness (QED) is 0.717. The Kier molecular flexibility index (Phi) is 4.44. The summed E-state index contributed by atoms with van der Waals surface area (Å²) in [6.45, 7) is 7.28. The summed E-state index contributed by atoms with van der Waals surface area (Å²) in [6, 6.07) is 8.33. The van der Waals surface area contributed by atoms with Gasteiger partial charge >= 0.3 is 0 Å². The molecule has 1 atom stereocenters. The number of aryl methyl sites for hydroxylation is 2. The number of aromatic nitrogens is 4. The smallest absolute Gasteiger partial charge is 0.252 e. The second-order valence-corrected chi connectivity index (χ2v) is 7.38. The second kappa shape index (κ2) is 6.73. The standard InChI is InChI=1S/C19H22ClN5/c1-13-8-17(20)6-5-15(13)10-24-7-3-4-16(11-24)18-9-14(2)23-19-21-12-22-25(18)19/h5-6,8-9,12,16H,3-4,7,10-11H2,1-2H3. The number of hydrogen-bond donors (Lipinski definition) is 0. The van der Waals surface area contributed by atoms with E-state index in [1.165, 1.54) is 29.7 Å². The second-order valence-electron chi connectivity index (χ2n) is 6.94. The van der Waals surface area contributed by atoms with Gasteiger partial charge in [-0.3, -0.25) is 4.90 Å². The van der Waals surface area contributed by atoms with E-state index in [4.69, 9.17) is 11.6 Å². The van der Waals surface area contributed by atoms with Crippen LogP contribution in [0.2, 0.25) is 5.02 Å². The molecule has 1 fully saturated rings. The predicted octanol–water partition coefficient (Wildman–Crippen LogP) is 3.77. The van der Waals surface area contributed by atoms with Crippen LogP contribution in [0.1, 0.15) is 41.3 Å². The molecule has 3 aromatic rings. The van der Waals surface area contributed by atoms with E-state index in [0.29, 0.717) is 11.7 Å². The van der Waals surface area contributed by atoms with Gasteiger partial charge in [0.2, 0.25) is 0 Å². The van der Waals surface area contributed by atoms with Crippen LogP contribution in [0, 0.1) is 13.8 Å². The molecule has 1 aliphatic rings. The number of nitrogens with zero attached hydrogens (tertiary/aromatic N) is 5. The van der Waals surface area contributed by atoms with Crippen LogP contribution < -0.4 is 0 Å². The van der Waals surface area contributed by atoms with Crippen molar-refractivity contribution in [2.24, 2.45) is 0 Å². The van der Waals surface area contributed by atoms with Crippen molar-refractivity contribution in [2.75, 3.05) is 13.1 Å². The molecule has 0 N–H and O–H groups in total. The summed E-state index contributed by atoms with van der Waals surface area (Å²) in [5.74, 6) is 1.15. The van der Waals surface area contributed by atoms with E-state index in [1.54, 1.807) is 6.33 Å². The summed E-state index contributed by atoms with van der Waals surface area (Å²) >= 11 is 6.09. The van der Waals surface area contributed by atoms with Gasteiger partial charge < -0.3 is 0 Å². The van der Waals surface area contributed by atoms with Crippen LogP contribution in [0.15, 0.2) is 30.6 Å². The fourth-order valence-corrected chi connectivity index (χ4v) is 3.99. The lowest BCUT2D eigenvalue weighted by molar-refractivity contribution is 0.197. The number of benzene rings is 1. The van der Waals surface area contributed by atoms with Crippen molar-refractivity contribution in [3.63, 3.8) is 0 Å². The Labute approximate surface area is 152 Å². The van der Waals surface area contributed by atoms with Gasteiger partial charge in [-0.25, -0.2) is 9.50 Å². The first-order valence-electron chi connectivity index (χ1n) is 8.75. The highest BCUT2D eigenvalue weighted by Gasteiger charge is 2.24. The fraction of sp³-hybridized carbons (Fsp3) is 0.421. The average Bonchev–Trinajstić information content (AvgIpc) is 3.05. The first-order valence-corrected chi connectivity index (χ1v) is 9.12. The molecule has 2 aromatic heterocycles. The topological polar surface area (TPSA) is 46.3 Å². The maximum absolute atomic E-state index is 6.09. The summed E-state index contributed by atoms with van der Waals surface area (Å²) in [5, 5.41) is 5.18. The Morgan fingerprint density at radius 1 is 1.24 bits per heavy atom. The van der Waals surface area contributed by atoms with Gasteiger partial charge in [0.15, 0.2) is 0 Å². The molecule has 0 radical (unpaired) electrons. The molecule has 1 aliphatic heterocycles. The minimum atomic E-state index is 0.451. The zero-order valence-electron chi connectivity index (χ0n) is 14.6. The van der Waals surface area contributed by atoms with Crippen molar-refractivity contribution < 1.29 is 0 Å². The Bertz CT molecular complexity index is 904.